The molecule has 1 aromatic rings. The van der Waals surface area contributed by atoms with Crippen LogP contribution in [0.5, 0.6) is 0 Å². The van der Waals surface area contributed by atoms with E-state index in [9.17, 15) is 8.42 Å². The average Bonchev–Trinajstić information content (AvgIpc) is 2.37. The Morgan fingerprint density at radius 2 is 2.30 bits per heavy atom. The molecule has 0 atom stereocenters. The first-order valence-electron chi connectivity index (χ1n) is 6.47. The molecule has 1 aliphatic heterocycles. The Morgan fingerprint density at radius 3 is 2.90 bits per heavy atom. The van der Waals surface area contributed by atoms with Crippen LogP contribution in [0.15, 0.2) is 29.4 Å². The fourth-order valence-electron chi connectivity index (χ4n) is 1.88. The smallest absolute Gasteiger partial charge is 0.213 e. The number of guanidine groups is 1. The van der Waals surface area contributed by atoms with Gasteiger partial charge in [0.15, 0.2) is 5.96 Å². The van der Waals surface area contributed by atoms with E-state index < -0.39 is 10.0 Å². The third kappa shape index (κ3) is 3.67. The summed E-state index contributed by atoms with van der Waals surface area (Å²) in [6.45, 7) is 3.21. The molecule has 0 saturated carbocycles. The fraction of sp³-hybridized carbons (Fsp3) is 0.500. The predicted octanol–water partition coefficient (Wildman–Crippen LogP) is 0.0897. The van der Waals surface area contributed by atoms with E-state index >= 15 is 0 Å². The van der Waals surface area contributed by atoms with Gasteiger partial charge in [0.2, 0.25) is 10.0 Å². The van der Waals surface area contributed by atoms with Crippen LogP contribution in [0.4, 0.5) is 5.82 Å². The Balaban J connectivity index is 1.78. The van der Waals surface area contributed by atoms with Crippen LogP contribution in [0.3, 0.4) is 0 Å². The first kappa shape index (κ1) is 14.7. The maximum atomic E-state index is 11.6. The van der Waals surface area contributed by atoms with Crippen LogP contribution in [-0.2, 0) is 10.0 Å². The number of hydrogen-bond acceptors (Lipinski definition) is 4. The number of sulfonamides is 1. The zero-order valence-electron chi connectivity index (χ0n) is 11.4. The summed E-state index contributed by atoms with van der Waals surface area (Å²) < 4.78 is 24.6. The van der Waals surface area contributed by atoms with Crippen LogP contribution in [0.25, 0.3) is 0 Å². The molecule has 8 heteroatoms. The number of nitrogens with zero attached hydrogens (tertiary/aromatic N) is 3. The quantitative estimate of drug-likeness (QED) is 0.592. The lowest BCUT2D eigenvalue weighted by Crippen LogP contribution is -2.51. The molecule has 0 unspecified atom stereocenters. The van der Waals surface area contributed by atoms with Gasteiger partial charge in [0.05, 0.1) is 5.75 Å². The molecule has 0 aromatic carbocycles. The number of hydrogen-bond donors (Lipinski definition) is 2. The summed E-state index contributed by atoms with van der Waals surface area (Å²) in [5.41, 5.74) is 5.75. The molecule has 3 N–H and O–H groups in total. The van der Waals surface area contributed by atoms with Crippen molar-refractivity contribution < 1.29 is 8.42 Å². The van der Waals surface area contributed by atoms with Crippen LogP contribution in [-0.4, -0.2) is 49.1 Å². The molecule has 20 heavy (non-hydrogen) atoms. The maximum absolute atomic E-state index is 11.6. The molecule has 0 bridgehead atoms. The van der Waals surface area contributed by atoms with E-state index in [0.29, 0.717) is 31.4 Å². The van der Waals surface area contributed by atoms with Crippen LogP contribution < -0.4 is 11.1 Å². The van der Waals surface area contributed by atoms with E-state index in [0.717, 1.165) is 0 Å². The number of pyridine rings is 1. The Labute approximate surface area is 119 Å². The Morgan fingerprint density at radius 1 is 1.55 bits per heavy atom. The summed E-state index contributed by atoms with van der Waals surface area (Å²) in [6, 6.07) is 5.46. The first-order chi connectivity index (χ1) is 9.51. The van der Waals surface area contributed by atoms with E-state index in [2.05, 4.69) is 15.3 Å². The summed E-state index contributed by atoms with van der Waals surface area (Å²) >= 11 is 0. The highest BCUT2D eigenvalue weighted by atomic mass is 32.2. The lowest BCUT2D eigenvalue weighted by molar-refractivity contribution is 0.208. The molecule has 2 heterocycles. The molecular formula is C12H19N5O2S. The number of aromatic nitrogens is 1. The van der Waals surface area contributed by atoms with E-state index in [1.807, 2.05) is 12.1 Å². The van der Waals surface area contributed by atoms with E-state index in [-0.39, 0.29) is 11.7 Å². The van der Waals surface area contributed by atoms with Crippen LogP contribution >= 0.6 is 0 Å². The molecule has 0 spiro atoms. The van der Waals surface area contributed by atoms with Gasteiger partial charge in [-0.1, -0.05) is 6.07 Å². The number of aliphatic imine (C=N–C) groups is 1. The van der Waals surface area contributed by atoms with Gasteiger partial charge in [0.25, 0.3) is 0 Å². The second-order valence-corrected chi connectivity index (χ2v) is 6.91. The van der Waals surface area contributed by atoms with Gasteiger partial charge in [-0.3, -0.25) is 4.99 Å². The number of nitrogens with one attached hydrogen (secondary N) is 1. The summed E-state index contributed by atoms with van der Waals surface area (Å²) in [6.07, 6.45) is 1.66. The van der Waals surface area contributed by atoms with Crippen molar-refractivity contribution in [2.24, 2.45) is 16.6 Å². The van der Waals surface area contributed by atoms with E-state index in [1.54, 1.807) is 19.2 Å². The van der Waals surface area contributed by atoms with Gasteiger partial charge in [0, 0.05) is 31.7 Å². The van der Waals surface area contributed by atoms with Gasteiger partial charge in [-0.15, -0.1) is 0 Å². The van der Waals surface area contributed by atoms with Crippen molar-refractivity contribution in [2.75, 3.05) is 30.7 Å². The highest BCUT2D eigenvalue weighted by molar-refractivity contribution is 7.89. The SMILES string of the molecule is CCS(=O)(=O)N1CC(CN=C(N)Nc2ccccn2)C1. The minimum absolute atomic E-state index is 0.145. The first-order valence-corrected chi connectivity index (χ1v) is 8.08. The molecule has 1 aliphatic rings. The molecule has 110 valence electrons. The normalized spacial score (nSPS) is 17.8. The van der Waals surface area contributed by atoms with Crippen molar-refractivity contribution >= 4 is 21.8 Å². The molecule has 0 radical (unpaired) electrons. The van der Waals surface area contributed by atoms with Gasteiger partial charge >= 0.3 is 0 Å². The van der Waals surface area contributed by atoms with Crippen LogP contribution in [0, 0.1) is 5.92 Å². The lowest BCUT2D eigenvalue weighted by atomic mass is 10.0. The highest BCUT2D eigenvalue weighted by Gasteiger charge is 2.34. The number of nitrogens with two attached hydrogens (primary N) is 1. The van der Waals surface area contributed by atoms with Crippen molar-refractivity contribution in [3.8, 4) is 0 Å². The van der Waals surface area contributed by atoms with Crippen molar-refractivity contribution in [1.29, 1.82) is 0 Å². The van der Waals surface area contributed by atoms with Gasteiger partial charge in [-0.05, 0) is 19.1 Å². The Bertz CT molecular complexity index is 567. The fourth-order valence-corrected chi connectivity index (χ4v) is 3.12. The van der Waals surface area contributed by atoms with E-state index in [1.165, 1.54) is 4.31 Å². The molecule has 1 fully saturated rings. The van der Waals surface area contributed by atoms with Crippen molar-refractivity contribution in [3.05, 3.63) is 24.4 Å². The zero-order valence-corrected chi connectivity index (χ0v) is 12.2. The largest absolute Gasteiger partial charge is 0.370 e. The minimum atomic E-state index is -3.05. The van der Waals surface area contributed by atoms with Crippen molar-refractivity contribution in [2.45, 2.75) is 6.92 Å². The van der Waals surface area contributed by atoms with Gasteiger partial charge in [0.1, 0.15) is 5.82 Å². The maximum Gasteiger partial charge on any atom is 0.213 e. The topological polar surface area (TPSA) is 101 Å². The van der Waals surface area contributed by atoms with Crippen LogP contribution in [0.2, 0.25) is 0 Å². The third-order valence-corrected chi connectivity index (χ3v) is 4.94. The van der Waals surface area contributed by atoms with Crippen LogP contribution in [0.1, 0.15) is 6.92 Å². The van der Waals surface area contributed by atoms with Gasteiger partial charge in [-0.25, -0.2) is 17.7 Å². The summed E-state index contributed by atoms with van der Waals surface area (Å²) in [7, 11) is -3.05. The third-order valence-electron chi connectivity index (χ3n) is 3.12. The zero-order chi connectivity index (χ0) is 14.6. The highest BCUT2D eigenvalue weighted by Crippen LogP contribution is 2.19. The summed E-state index contributed by atoms with van der Waals surface area (Å²) in [5, 5.41) is 2.88. The molecule has 0 aliphatic carbocycles. The predicted molar refractivity (Wildman–Crippen MR) is 78.9 cm³/mol. The summed E-state index contributed by atoms with van der Waals surface area (Å²) in [4.78, 5) is 8.28. The minimum Gasteiger partial charge on any atom is -0.370 e. The van der Waals surface area contributed by atoms with Crippen molar-refractivity contribution in [3.63, 3.8) is 0 Å². The molecule has 7 nitrogen and oxygen atoms in total. The molecule has 2 rings (SSSR count). The number of anilines is 1. The Hall–Kier alpha value is -1.67. The standard InChI is InChI=1S/C12H19N5O2S/c1-2-20(18,19)17-8-10(9-17)7-15-12(13)16-11-5-3-4-6-14-11/h3-6,10H,2,7-9H2,1H3,(H3,13,14,15,16). The average molecular weight is 297 g/mol. The summed E-state index contributed by atoms with van der Waals surface area (Å²) in [5.74, 6) is 1.31. The monoisotopic (exact) mass is 297 g/mol. The Kier molecular flexibility index (Phi) is 4.56. The van der Waals surface area contributed by atoms with Gasteiger partial charge in [-0.2, -0.15) is 0 Å². The molecule has 0 amide bonds. The number of rotatable bonds is 5. The molecular weight excluding hydrogens is 278 g/mol. The van der Waals surface area contributed by atoms with Gasteiger partial charge < -0.3 is 11.1 Å². The van der Waals surface area contributed by atoms with E-state index in [4.69, 9.17) is 5.73 Å². The lowest BCUT2D eigenvalue weighted by Gasteiger charge is -2.37. The second-order valence-electron chi connectivity index (χ2n) is 4.65. The molecule has 1 saturated heterocycles. The molecule has 1 aromatic heterocycles. The second kappa shape index (κ2) is 6.19. The van der Waals surface area contributed by atoms with Crippen molar-refractivity contribution in [1.82, 2.24) is 9.29 Å².